The zero-order chi connectivity index (χ0) is 10.4. The summed E-state index contributed by atoms with van der Waals surface area (Å²) in [6.07, 6.45) is 3.01. The van der Waals surface area contributed by atoms with Gasteiger partial charge >= 0.3 is 5.97 Å². The molecular weight excluding hydrogens is 184 g/mol. The van der Waals surface area contributed by atoms with Crippen molar-refractivity contribution in [2.75, 3.05) is 20.2 Å². The van der Waals surface area contributed by atoms with Crippen LogP contribution in [0.15, 0.2) is 0 Å². The Hall–Kier alpha value is -1.10. The molecule has 1 atom stereocenters. The van der Waals surface area contributed by atoms with E-state index in [9.17, 15) is 9.59 Å². The van der Waals surface area contributed by atoms with Crippen molar-refractivity contribution in [3.63, 3.8) is 0 Å². The van der Waals surface area contributed by atoms with E-state index >= 15 is 0 Å². The van der Waals surface area contributed by atoms with Crippen molar-refractivity contribution < 1.29 is 14.3 Å². The van der Waals surface area contributed by atoms with Gasteiger partial charge in [-0.3, -0.25) is 9.59 Å². The van der Waals surface area contributed by atoms with Crippen molar-refractivity contribution >= 4 is 11.9 Å². The van der Waals surface area contributed by atoms with Gasteiger partial charge in [0.2, 0.25) is 5.91 Å². The fraction of sp³-hybridized carbons (Fsp3) is 0.778. The number of carbonyl (C=O) groups excluding carboxylic acids is 2. The van der Waals surface area contributed by atoms with E-state index in [0.717, 1.165) is 25.8 Å². The Morgan fingerprint density at radius 2 is 2.29 bits per heavy atom. The number of methoxy groups -OCH3 is 1. The Bertz CT molecular complexity index is 212. The van der Waals surface area contributed by atoms with Crippen molar-refractivity contribution in [3.8, 4) is 0 Å². The minimum Gasteiger partial charge on any atom is -0.468 e. The van der Waals surface area contributed by atoms with Gasteiger partial charge in [-0.15, -0.1) is 0 Å². The van der Waals surface area contributed by atoms with Crippen LogP contribution < -0.4 is 10.6 Å². The molecule has 0 radical (unpaired) electrons. The molecule has 1 rings (SSSR count). The third-order valence-electron chi connectivity index (χ3n) is 2.26. The van der Waals surface area contributed by atoms with E-state index in [2.05, 4.69) is 15.4 Å². The third kappa shape index (κ3) is 3.33. The Kier molecular flexibility index (Phi) is 4.39. The van der Waals surface area contributed by atoms with E-state index in [4.69, 9.17) is 0 Å². The summed E-state index contributed by atoms with van der Waals surface area (Å²) in [6, 6.07) is -0.145. The molecule has 2 N–H and O–H groups in total. The number of amides is 1. The smallest absolute Gasteiger partial charge is 0.325 e. The lowest BCUT2D eigenvalue weighted by atomic mass is 10.0. The van der Waals surface area contributed by atoms with Crippen molar-refractivity contribution in [2.24, 2.45) is 0 Å². The quantitative estimate of drug-likeness (QED) is 0.598. The van der Waals surface area contributed by atoms with Gasteiger partial charge in [-0.05, 0) is 19.4 Å². The first-order chi connectivity index (χ1) is 6.74. The highest BCUT2D eigenvalue weighted by molar-refractivity contribution is 5.85. The molecule has 0 unspecified atom stereocenters. The fourth-order valence-corrected chi connectivity index (χ4v) is 1.43. The number of nitrogens with one attached hydrogen (secondary N) is 2. The van der Waals surface area contributed by atoms with Crippen molar-refractivity contribution in [1.29, 1.82) is 0 Å². The topological polar surface area (TPSA) is 67.4 Å². The lowest BCUT2D eigenvalue weighted by molar-refractivity contribution is -0.141. The van der Waals surface area contributed by atoms with E-state index in [1.54, 1.807) is 0 Å². The Morgan fingerprint density at radius 3 is 2.86 bits per heavy atom. The maximum atomic E-state index is 11.4. The lowest BCUT2D eigenvalue weighted by Gasteiger charge is -2.22. The van der Waals surface area contributed by atoms with Crippen molar-refractivity contribution in [2.45, 2.75) is 25.3 Å². The van der Waals surface area contributed by atoms with Crippen LogP contribution in [-0.4, -0.2) is 38.1 Å². The second-order valence-corrected chi connectivity index (χ2v) is 3.30. The molecule has 5 nitrogen and oxygen atoms in total. The lowest BCUT2D eigenvalue weighted by Crippen LogP contribution is -2.47. The highest BCUT2D eigenvalue weighted by atomic mass is 16.5. The maximum absolute atomic E-state index is 11.4. The van der Waals surface area contributed by atoms with Crippen LogP contribution in [0.25, 0.3) is 0 Å². The first kappa shape index (κ1) is 11.0. The number of esters is 1. The molecule has 5 heteroatoms. The molecule has 1 aliphatic heterocycles. The van der Waals surface area contributed by atoms with E-state index in [1.807, 2.05) is 0 Å². The van der Waals surface area contributed by atoms with Gasteiger partial charge in [-0.2, -0.15) is 0 Å². The first-order valence-electron chi connectivity index (χ1n) is 4.82. The van der Waals surface area contributed by atoms with Crippen molar-refractivity contribution in [3.05, 3.63) is 0 Å². The summed E-state index contributed by atoms with van der Waals surface area (Å²) in [4.78, 5) is 22.2. The van der Waals surface area contributed by atoms with E-state index in [1.165, 1.54) is 7.11 Å². The van der Waals surface area contributed by atoms with Gasteiger partial charge in [0.25, 0.3) is 0 Å². The fourth-order valence-electron chi connectivity index (χ4n) is 1.43. The van der Waals surface area contributed by atoms with E-state index in [0.29, 0.717) is 0 Å². The second kappa shape index (κ2) is 5.59. The summed E-state index contributed by atoms with van der Waals surface area (Å²) in [5.41, 5.74) is 0. The summed E-state index contributed by atoms with van der Waals surface area (Å²) in [7, 11) is 1.30. The number of hydrogen-bond acceptors (Lipinski definition) is 4. The highest BCUT2D eigenvalue weighted by Crippen LogP contribution is 2.06. The van der Waals surface area contributed by atoms with Gasteiger partial charge in [-0.25, -0.2) is 0 Å². The molecule has 80 valence electrons. The highest BCUT2D eigenvalue weighted by Gasteiger charge is 2.20. The molecular formula is C9H16N2O3. The zero-order valence-electron chi connectivity index (χ0n) is 8.34. The third-order valence-corrected chi connectivity index (χ3v) is 2.26. The summed E-state index contributed by atoms with van der Waals surface area (Å²) >= 11 is 0. The van der Waals surface area contributed by atoms with Gasteiger partial charge in [0.1, 0.15) is 6.54 Å². The van der Waals surface area contributed by atoms with Gasteiger partial charge in [0, 0.05) is 0 Å². The molecule has 0 aromatic heterocycles. The number of rotatable bonds is 3. The molecule has 1 amide bonds. The molecule has 0 saturated carbocycles. The number of ether oxygens (including phenoxy) is 1. The second-order valence-electron chi connectivity index (χ2n) is 3.30. The molecule has 0 spiro atoms. The van der Waals surface area contributed by atoms with Crippen LogP contribution in [0.4, 0.5) is 0 Å². The van der Waals surface area contributed by atoms with Gasteiger partial charge in [0.15, 0.2) is 0 Å². The van der Waals surface area contributed by atoms with Crippen LogP contribution in [0, 0.1) is 0 Å². The summed E-state index contributed by atoms with van der Waals surface area (Å²) < 4.78 is 4.41. The predicted octanol–water partition coefficient (Wildman–Crippen LogP) is -0.582. The number of hydrogen-bond donors (Lipinski definition) is 2. The first-order valence-corrected chi connectivity index (χ1v) is 4.82. The summed E-state index contributed by atoms with van der Waals surface area (Å²) in [5, 5.41) is 5.62. The standard InChI is InChI=1S/C9H16N2O3/c1-14-8(12)6-11-9(13)7-4-2-3-5-10-7/h7,10H,2-6H2,1H3,(H,11,13)/t7-/m1/s1. The number of carbonyl (C=O) groups is 2. The van der Waals surface area contributed by atoms with Crippen LogP contribution in [-0.2, 0) is 14.3 Å². The zero-order valence-corrected chi connectivity index (χ0v) is 8.34. The van der Waals surface area contributed by atoms with Crippen molar-refractivity contribution in [1.82, 2.24) is 10.6 Å². The summed E-state index contributed by atoms with van der Waals surface area (Å²) in [5.74, 6) is -0.538. The van der Waals surface area contributed by atoms with Crippen LogP contribution in [0.1, 0.15) is 19.3 Å². The van der Waals surface area contributed by atoms with Gasteiger partial charge in [0.05, 0.1) is 13.2 Å². The molecule has 1 saturated heterocycles. The average molecular weight is 200 g/mol. The van der Waals surface area contributed by atoms with Gasteiger partial charge in [-0.1, -0.05) is 6.42 Å². The molecule has 1 heterocycles. The largest absolute Gasteiger partial charge is 0.468 e. The molecule has 1 fully saturated rings. The van der Waals surface area contributed by atoms with Gasteiger partial charge < -0.3 is 15.4 Å². The van der Waals surface area contributed by atoms with Crippen LogP contribution in [0.2, 0.25) is 0 Å². The minimum atomic E-state index is -0.422. The Balaban J connectivity index is 2.23. The minimum absolute atomic E-state index is 0.0481. The molecule has 0 bridgehead atoms. The number of piperidine rings is 1. The predicted molar refractivity (Wildman–Crippen MR) is 50.7 cm³/mol. The molecule has 1 aliphatic rings. The monoisotopic (exact) mass is 200 g/mol. The summed E-state index contributed by atoms with van der Waals surface area (Å²) in [6.45, 7) is 0.823. The van der Waals surface area contributed by atoms with Crippen LogP contribution in [0.3, 0.4) is 0 Å². The normalized spacial score (nSPS) is 21.4. The SMILES string of the molecule is COC(=O)CNC(=O)[C@H]1CCCCN1. The van der Waals surface area contributed by atoms with E-state index in [-0.39, 0.29) is 18.5 Å². The van der Waals surface area contributed by atoms with E-state index < -0.39 is 5.97 Å². The Morgan fingerprint density at radius 1 is 1.50 bits per heavy atom. The molecule has 0 aliphatic carbocycles. The molecule has 14 heavy (non-hydrogen) atoms. The Labute approximate surface area is 83.2 Å². The van der Waals surface area contributed by atoms with Crippen LogP contribution >= 0.6 is 0 Å². The maximum Gasteiger partial charge on any atom is 0.325 e. The molecule has 0 aromatic carbocycles. The van der Waals surface area contributed by atoms with Crippen LogP contribution in [0.5, 0.6) is 0 Å². The average Bonchev–Trinajstić information content (AvgIpc) is 2.26. The molecule has 0 aromatic rings.